The molecule has 0 aliphatic carbocycles. The summed E-state index contributed by atoms with van der Waals surface area (Å²) in [7, 11) is 0. The van der Waals surface area contributed by atoms with Gasteiger partial charge in [-0.3, -0.25) is 0 Å². The zero-order valence-corrected chi connectivity index (χ0v) is 19.3. The van der Waals surface area contributed by atoms with Gasteiger partial charge in [-0.25, -0.2) is 4.68 Å². The van der Waals surface area contributed by atoms with Crippen molar-refractivity contribution in [2.75, 3.05) is 31.2 Å². The molecule has 164 valence electrons. The van der Waals surface area contributed by atoms with E-state index in [-0.39, 0.29) is 0 Å². The summed E-state index contributed by atoms with van der Waals surface area (Å²) in [5, 5.41) is 15.0. The highest BCUT2D eigenvalue weighted by Crippen LogP contribution is 2.36. The molecule has 0 atom stereocenters. The molecule has 7 nitrogen and oxygen atoms in total. The molecule has 1 aliphatic rings. The third kappa shape index (κ3) is 3.97. The van der Waals surface area contributed by atoms with Crippen molar-refractivity contribution in [3.63, 3.8) is 0 Å². The van der Waals surface area contributed by atoms with Gasteiger partial charge in [0.2, 0.25) is 0 Å². The van der Waals surface area contributed by atoms with Crippen molar-refractivity contribution in [1.82, 2.24) is 20.0 Å². The molecule has 3 heterocycles. The summed E-state index contributed by atoms with van der Waals surface area (Å²) in [6.45, 7) is 4.62. The highest BCUT2D eigenvalue weighted by Gasteiger charge is 2.25. The molecule has 1 aliphatic heterocycles. The largest absolute Gasteiger partial charge is 0.401 e. The van der Waals surface area contributed by atoms with E-state index in [0.717, 1.165) is 16.8 Å². The Morgan fingerprint density at radius 2 is 1.62 bits per heavy atom. The fourth-order valence-electron chi connectivity index (χ4n) is 3.67. The number of nitrogens with zero attached hydrogens (tertiary/aromatic N) is 5. The Bertz CT molecular complexity index is 1260. The summed E-state index contributed by atoms with van der Waals surface area (Å²) < 4.78 is 13.2. The van der Waals surface area contributed by atoms with Crippen LogP contribution in [0.25, 0.3) is 28.5 Å². The van der Waals surface area contributed by atoms with Crippen LogP contribution in [-0.2, 0) is 4.74 Å². The third-order valence-electron chi connectivity index (χ3n) is 5.28. The van der Waals surface area contributed by atoms with Gasteiger partial charge < -0.3 is 14.1 Å². The molecular weight excluding hydrogens is 473 g/mol. The van der Waals surface area contributed by atoms with Crippen LogP contribution in [0.1, 0.15) is 5.56 Å². The van der Waals surface area contributed by atoms with Crippen LogP contribution < -0.4 is 4.90 Å². The molecule has 0 N–H and O–H groups in total. The predicted molar refractivity (Wildman–Crippen MR) is 125 cm³/mol. The normalized spacial score (nSPS) is 14.2. The highest BCUT2D eigenvalue weighted by atomic mass is 35.5. The first-order chi connectivity index (χ1) is 15.5. The maximum Gasteiger partial charge on any atom is 0.318 e. The lowest BCUT2D eigenvalue weighted by Gasteiger charge is -2.24. The summed E-state index contributed by atoms with van der Waals surface area (Å²) >= 11 is 18.7. The minimum atomic E-state index is 0.336. The van der Waals surface area contributed by atoms with Crippen LogP contribution in [0.3, 0.4) is 0 Å². The van der Waals surface area contributed by atoms with Crippen molar-refractivity contribution in [3.05, 3.63) is 63.1 Å². The maximum atomic E-state index is 6.53. The van der Waals surface area contributed by atoms with Gasteiger partial charge in [-0.05, 0) is 37.3 Å². The molecule has 0 unspecified atom stereocenters. The van der Waals surface area contributed by atoms with E-state index in [0.29, 0.717) is 64.7 Å². The van der Waals surface area contributed by atoms with Gasteiger partial charge in [0.05, 0.1) is 29.6 Å². The van der Waals surface area contributed by atoms with Crippen LogP contribution >= 0.6 is 34.8 Å². The Kier molecular flexibility index (Phi) is 5.82. The second-order valence-corrected chi connectivity index (χ2v) is 8.61. The van der Waals surface area contributed by atoms with Crippen LogP contribution in [0.2, 0.25) is 15.1 Å². The summed E-state index contributed by atoms with van der Waals surface area (Å²) in [5.74, 6) is 0.336. The van der Waals surface area contributed by atoms with Crippen molar-refractivity contribution >= 4 is 40.8 Å². The Labute approximate surface area is 199 Å². The highest BCUT2D eigenvalue weighted by molar-refractivity contribution is 6.35. The first-order valence-electron chi connectivity index (χ1n) is 9.99. The van der Waals surface area contributed by atoms with Gasteiger partial charge in [-0.2, -0.15) is 5.10 Å². The molecule has 0 saturated carbocycles. The second kappa shape index (κ2) is 8.75. The SMILES string of the molecule is Cc1c(-c2nnc(N3CCOCC3)o2)nn(-c2ccc(Cl)cc2Cl)c1-c1ccc(Cl)cc1. The molecule has 2 aromatic carbocycles. The summed E-state index contributed by atoms with van der Waals surface area (Å²) in [6.07, 6.45) is 0. The Balaban J connectivity index is 1.64. The summed E-state index contributed by atoms with van der Waals surface area (Å²) in [4.78, 5) is 2.00. The molecule has 0 bridgehead atoms. The first-order valence-corrected chi connectivity index (χ1v) is 11.1. The van der Waals surface area contributed by atoms with Crippen LogP contribution in [0.5, 0.6) is 0 Å². The fraction of sp³-hybridized carbons (Fsp3) is 0.227. The van der Waals surface area contributed by atoms with Crippen LogP contribution in [-0.4, -0.2) is 46.3 Å². The van der Waals surface area contributed by atoms with Crippen LogP contribution in [0, 0.1) is 6.92 Å². The van der Waals surface area contributed by atoms with Gasteiger partial charge >= 0.3 is 6.01 Å². The number of aromatic nitrogens is 4. The summed E-state index contributed by atoms with van der Waals surface area (Å²) in [6, 6.07) is 13.3. The quantitative estimate of drug-likeness (QED) is 0.366. The van der Waals surface area contributed by atoms with E-state index in [9.17, 15) is 0 Å². The van der Waals surface area contributed by atoms with Crippen molar-refractivity contribution in [1.29, 1.82) is 0 Å². The van der Waals surface area contributed by atoms with Gasteiger partial charge in [0, 0.05) is 34.3 Å². The smallest absolute Gasteiger partial charge is 0.318 e. The van der Waals surface area contributed by atoms with E-state index in [1.165, 1.54) is 0 Å². The van der Waals surface area contributed by atoms with Crippen molar-refractivity contribution in [3.8, 4) is 28.5 Å². The fourth-order valence-corrected chi connectivity index (χ4v) is 4.28. The number of hydrogen-bond donors (Lipinski definition) is 0. The number of halogens is 3. The van der Waals surface area contributed by atoms with Gasteiger partial charge in [-0.1, -0.05) is 52.0 Å². The molecule has 1 saturated heterocycles. The predicted octanol–water partition coefficient (Wildman–Crippen LogP) is 5.69. The lowest BCUT2D eigenvalue weighted by molar-refractivity contribution is 0.120. The number of ether oxygens (including phenoxy) is 1. The number of morpholine rings is 1. The second-order valence-electron chi connectivity index (χ2n) is 7.33. The average Bonchev–Trinajstić information content (AvgIpc) is 3.40. The zero-order chi connectivity index (χ0) is 22.2. The topological polar surface area (TPSA) is 69.2 Å². The molecule has 1 fully saturated rings. The van der Waals surface area contributed by atoms with Crippen molar-refractivity contribution in [2.45, 2.75) is 6.92 Å². The molecule has 32 heavy (non-hydrogen) atoms. The Morgan fingerprint density at radius 3 is 2.34 bits per heavy atom. The first kappa shape index (κ1) is 21.3. The number of rotatable bonds is 4. The number of anilines is 1. The van der Waals surface area contributed by atoms with Crippen molar-refractivity contribution in [2.24, 2.45) is 0 Å². The lowest BCUT2D eigenvalue weighted by atomic mass is 10.1. The molecule has 0 radical (unpaired) electrons. The molecule has 0 amide bonds. The molecule has 5 rings (SSSR count). The average molecular weight is 491 g/mol. The van der Waals surface area contributed by atoms with Gasteiger partial charge in [-0.15, -0.1) is 5.10 Å². The van der Waals surface area contributed by atoms with Gasteiger partial charge in [0.15, 0.2) is 5.69 Å². The van der Waals surface area contributed by atoms with E-state index in [1.807, 2.05) is 42.2 Å². The third-order valence-corrected chi connectivity index (χ3v) is 6.07. The Hall–Kier alpha value is -2.58. The molecule has 10 heteroatoms. The van der Waals surface area contributed by atoms with E-state index in [4.69, 9.17) is 49.1 Å². The number of hydrogen-bond acceptors (Lipinski definition) is 6. The number of benzene rings is 2. The molecule has 0 spiro atoms. The Morgan fingerprint density at radius 1 is 0.906 bits per heavy atom. The summed E-state index contributed by atoms with van der Waals surface area (Å²) in [5.41, 5.74) is 3.89. The van der Waals surface area contributed by atoms with E-state index in [1.54, 1.807) is 16.8 Å². The van der Waals surface area contributed by atoms with E-state index in [2.05, 4.69) is 10.2 Å². The van der Waals surface area contributed by atoms with Gasteiger partial charge in [0.1, 0.15) is 0 Å². The van der Waals surface area contributed by atoms with Crippen LogP contribution in [0.15, 0.2) is 46.9 Å². The van der Waals surface area contributed by atoms with E-state index >= 15 is 0 Å². The molecule has 4 aromatic rings. The minimum Gasteiger partial charge on any atom is -0.401 e. The molecule has 2 aromatic heterocycles. The maximum absolute atomic E-state index is 6.53. The lowest BCUT2D eigenvalue weighted by Crippen LogP contribution is -2.36. The van der Waals surface area contributed by atoms with Crippen LogP contribution in [0.4, 0.5) is 6.01 Å². The van der Waals surface area contributed by atoms with Gasteiger partial charge in [0.25, 0.3) is 5.89 Å². The minimum absolute atomic E-state index is 0.336. The molecular formula is C22H18Cl3N5O2. The zero-order valence-electron chi connectivity index (χ0n) is 17.1. The van der Waals surface area contributed by atoms with Crippen molar-refractivity contribution < 1.29 is 9.15 Å². The standard InChI is InChI=1S/C22H18Cl3N5O2/c1-13-19(21-26-27-22(32-21)29-8-10-31-11-9-29)28-30(18-7-6-16(24)12-17(18)25)20(13)14-2-4-15(23)5-3-14/h2-7,12H,8-11H2,1H3. The monoisotopic (exact) mass is 489 g/mol. The van der Waals surface area contributed by atoms with E-state index < -0.39 is 0 Å².